The summed E-state index contributed by atoms with van der Waals surface area (Å²) in [5.41, 5.74) is 1.02. The molecule has 0 aliphatic carbocycles. The number of rotatable bonds is 0. The molecule has 0 spiro atoms. The summed E-state index contributed by atoms with van der Waals surface area (Å²) in [7, 11) is 0. The van der Waals surface area contributed by atoms with Gasteiger partial charge in [-0.05, 0) is 12.1 Å². The van der Waals surface area contributed by atoms with Gasteiger partial charge in [0, 0.05) is 11.8 Å². The summed E-state index contributed by atoms with van der Waals surface area (Å²) < 4.78 is 10.1. The van der Waals surface area contributed by atoms with Gasteiger partial charge < -0.3 is 9.47 Å². The number of hydrogen-bond acceptors (Lipinski definition) is 3. The lowest BCUT2D eigenvalue weighted by Crippen LogP contribution is -2.11. The lowest BCUT2D eigenvalue weighted by Gasteiger charge is -2.14. The third-order valence-electron chi connectivity index (χ3n) is 1.39. The van der Waals surface area contributed by atoms with Crippen LogP contribution in [0.2, 0.25) is 0 Å². The minimum Gasteiger partial charge on any atom is -0.450 e. The number of aromatic nitrogens is 1. The van der Waals surface area contributed by atoms with E-state index in [9.17, 15) is 0 Å². The third-order valence-corrected chi connectivity index (χ3v) is 1.39. The van der Waals surface area contributed by atoms with Gasteiger partial charge in [-0.15, -0.1) is 0 Å². The van der Waals surface area contributed by atoms with Crippen LogP contribution in [0.15, 0.2) is 18.3 Å². The van der Waals surface area contributed by atoms with Crippen LogP contribution in [-0.4, -0.2) is 11.8 Å². The SMILES string of the molecule is c1cnc2c(c1)COCO2. The van der Waals surface area contributed by atoms with E-state index >= 15 is 0 Å². The van der Waals surface area contributed by atoms with E-state index in [2.05, 4.69) is 4.98 Å². The molecule has 10 heavy (non-hydrogen) atoms. The van der Waals surface area contributed by atoms with Crippen LogP contribution in [0, 0.1) is 0 Å². The van der Waals surface area contributed by atoms with Gasteiger partial charge in [0.05, 0.1) is 6.61 Å². The Morgan fingerprint density at radius 2 is 2.50 bits per heavy atom. The Balaban J connectivity index is 2.41. The van der Waals surface area contributed by atoms with Crippen molar-refractivity contribution in [2.24, 2.45) is 0 Å². The Hall–Kier alpha value is -1.09. The molecule has 0 bridgehead atoms. The number of pyridine rings is 1. The van der Waals surface area contributed by atoms with E-state index in [0.29, 0.717) is 19.3 Å². The Labute approximate surface area is 58.6 Å². The van der Waals surface area contributed by atoms with E-state index in [-0.39, 0.29) is 0 Å². The zero-order chi connectivity index (χ0) is 6.81. The molecule has 0 aromatic carbocycles. The molecule has 2 heterocycles. The summed E-state index contributed by atoms with van der Waals surface area (Å²) in [5.74, 6) is 0.703. The summed E-state index contributed by atoms with van der Waals surface area (Å²) >= 11 is 0. The second-order valence-electron chi connectivity index (χ2n) is 2.08. The molecule has 0 amide bonds. The highest BCUT2D eigenvalue weighted by molar-refractivity contribution is 5.25. The predicted molar refractivity (Wildman–Crippen MR) is 34.5 cm³/mol. The maximum Gasteiger partial charge on any atom is 0.221 e. The molecule has 0 saturated carbocycles. The van der Waals surface area contributed by atoms with Gasteiger partial charge in [-0.25, -0.2) is 4.98 Å². The van der Waals surface area contributed by atoms with Gasteiger partial charge >= 0.3 is 0 Å². The average Bonchev–Trinajstić information content (AvgIpc) is 2.05. The highest BCUT2D eigenvalue weighted by atomic mass is 16.7. The molecule has 1 aromatic rings. The average molecular weight is 137 g/mol. The Bertz CT molecular complexity index is 212. The zero-order valence-electron chi connectivity index (χ0n) is 5.41. The van der Waals surface area contributed by atoms with Crippen molar-refractivity contribution in [3.8, 4) is 5.88 Å². The fourth-order valence-corrected chi connectivity index (χ4v) is 0.913. The Morgan fingerprint density at radius 1 is 1.50 bits per heavy atom. The quantitative estimate of drug-likeness (QED) is 0.533. The fraction of sp³-hybridized carbons (Fsp3) is 0.286. The monoisotopic (exact) mass is 137 g/mol. The number of nitrogens with zero attached hydrogens (tertiary/aromatic N) is 1. The molecule has 0 atom stereocenters. The highest BCUT2D eigenvalue weighted by Crippen LogP contribution is 2.18. The maximum atomic E-state index is 5.09. The first-order valence-corrected chi connectivity index (χ1v) is 3.11. The largest absolute Gasteiger partial charge is 0.450 e. The highest BCUT2D eigenvalue weighted by Gasteiger charge is 2.08. The molecule has 1 aromatic heterocycles. The van der Waals surface area contributed by atoms with Crippen molar-refractivity contribution in [2.45, 2.75) is 6.61 Å². The molecule has 0 saturated heterocycles. The van der Waals surface area contributed by atoms with Gasteiger partial charge in [-0.3, -0.25) is 0 Å². The van der Waals surface area contributed by atoms with Crippen LogP contribution >= 0.6 is 0 Å². The van der Waals surface area contributed by atoms with Crippen LogP contribution in [0.1, 0.15) is 5.56 Å². The van der Waals surface area contributed by atoms with Crippen LogP contribution in [0.3, 0.4) is 0 Å². The lowest BCUT2D eigenvalue weighted by atomic mass is 10.3. The summed E-state index contributed by atoms with van der Waals surface area (Å²) in [5, 5.41) is 0. The number of fused-ring (bicyclic) bond motifs is 1. The minimum absolute atomic E-state index is 0.323. The second kappa shape index (κ2) is 2.27. The van der Waals surface area contributed by atoms with Crippen molar-refractivity contribution < 1.29 is 9.47 Å². The van der Waals surface area contributed by atoms with E-state index in [0.717, 1.165) is 5.56 Å². The van der Waals surface area contributed by atoms with Gasteiger partial charge in [0.1, 0.15) is 0 Å². The Morgan fingerprint density at radius 3 is 3.40 bits per heavy atom. The van der Waals surface area contributed by atoms with E-state index in [4.69, 9.17) is 9.47 Å². The molecular weight excluding hydrogens is 130 g/mol. The molecule has 3 heteroatoms. The van der Waals surface area contributed by atoms with Gasteiger partial charge in [0.25, 0.3) is 0 Å². The molecule has 0 fully saturated rings. The molecule has 2 rings (SSSR count). The zero-order valence-corrected chi connectivity index (χ0v) is 5.41. The van der Waals surface area contributed by atoms with Crippen molar-refractivity contribution >= 4 is 0 Å². The molecule has 52 valence electrons. The van der Waals surface area contributed by atoms with Gasteiger partial charge in [0.2, 0.25) is 5.88 Å². The molecule has 0 unspecified atom stereocenters. The third kappa shape index (κ3) is 0.844. The molecule has 0 radical (unpaired) electrons. The molecular formula is C7H7NO2. The lowest BCUT2D eigenvalue weighted by molar-refractivity contribution is -0.0197. The first-order valence-electron chi connectivity index (χ1n) is 3.11. The van der Waals surface area contributed by atoms with Crippen molar-refractivity contribution in [1.82, 2.24) is 4.98 Å². The first kappa shape index (κ1) is 5.68. The maximum absolute atomic E-state index is 5.09. The van der Waals surface area contributed by atoms with Gasteiger partial charge in [-0.2, -0.15) is 0 Å². The van der Waals surface area contributed by atoms with Gasteiger partial charge in [0.15, 0.2) is 6.79 Å². The normalized spacial score (nSPS) is 15.6. The second-order valence-corrected chi connectivity index (χ2v) is 2.08. The van der Waals surface area contributed by atoms with Crippen LogP contribution in [-0.2, 0) is 11.3 Å². The van der Waals surface area contributed by atoms with E-state index in [1.165, 1.54) is 0 Å². The summed E-state index contributed by atoms with van der Waals surface area (Å²) in [6, 6.07) is 3.82. The molecule has 1 aliphatic heterocycles. The topological polar surface area (TPSA) is 31.4 Å². The summed E-state index contributed by atoms with van der Waals surface area (Å²) in [4.78, 5) is 4.02. The fourth-order valence-electron chi connectivity index (χ4n) is 0.913. The van der Waals surface area contributed by atoms with Crippen LogP contribution in [0.4, 0.5) is 0 Å². The van der Waals surface area contributed by atoms with Crippen molar-refractivity contribution in [2.75, 3.05) is 6.79 Å². The number of hydrogen-bond donors (Lipinski definition) is 0. The van der Waals surface area contributed by atoms with Gasteiger partial charge in [-0.1, -0.05) is 0 Å². The van der Waals surface area contributed by atoms with Crippen LogP contribution < -0.4 is 4.74 Å². The number of ether oxygens (including phenoxy) is 2. The summed E-state index contributed by atoms with van der Waals surface area (Å²) in [6.45, 7) is 0.938. The van der Waals surface area contributed by atoms with E-state index in [1.54, 1.807) is 6.20 Å². The van der Waals surface area contributed by atoms with Crippen molar-refractivity contribution in [3.05, 3.63) is 23.9 Å². The van der Waals surface area contributed by atoms with Crippen LogP contribution in [0.5, 0.6) is 5.88 Å². The minimum atomic E-state index is 0.323. The van der Waals surface area contributed by atoms with Crippen molar-refractivity contribution in [3.63, 3.8) is 0 Å². The summed E-state index contributed by atoms with van der Waals surface area (Å²) in [6.07, 6.45) is 1.71. The predicted octanol–water partition coefficient (Wildman–Crippen LogP) is 0.948. The van der Waals surface area contributed by atoms with E-state index in [1.807, 2.05) is 12.1 Å². The van der Waals surface area contributed by atoms with Crippen molar-refractivity contribution in [1.29, 1.82) is 0 Å². The molecule has 3 nitrogen and oxygen atoms in total. The van der Waals surface area contributed by atoms with E-state index < -0.39 is 0 Å². The first-order chi connectivity index (χ1) is 4.97. The Kier molecular flexibility index (Phi) is 1.29. The molecule has 1 aliphatic rings. The smallest absolute Gasteiger partial charge is 0.221 e. The standard InChI is InChI=1S/C7H7NO2/c1-2-6-4-9-5-10-7(6)8-3-1/h1-3H,4-5H2. The molecule has 0 N–H and O–H groups in total. The van der Waals surface area contributed by atoms with Crippen LogP contribution in [0.25, 0.3) is 0 Å².